The van der Waals surface area contributed by atoms with E-state index in [9.17, 15) is 5.11 Å². The van der Waals surface area contributed by atoms with E-state index < -0.39 is 0 Å². The highest BCUT2D eigenvalue weighted by molar-refractivity contribution is 9.10. The summed E-state index contributed by atoms with van der Waals surface area (Å²) in [5.41, 5.74) is 4.89. The lowest BCUT2D eigenvalue weighted by atomic mass is 10.1. The van der Waals surface area contributed by atoms with Gasteiger partial charge in [-0.3, -0.25) is 4.40 Å². The fourth-order valence-corrected chi connectivity index (χ4v) is 3.82. The van der Waals surface area contributed by atoms with Gasteiger partial charge in [0.15, 0.2) is 4.96 Å². The minimum absolute atomic E-state index is 0.206. The molecular weight excluding hydrogens is 398 g/mol. The summed E-state index contributed by atoms with van der Waals surface area (Å²) >= 11 is 5.04. The monoisotopic (exact) mass is 413 g/mol. The van der Waals surface area contributed by atoms with E-state index in [0.717, 1.165) is 26.6 Å². The molecular formula is C19H16BrN3OS. The first-order valence-electron chi connectivity index (χ1n) is 7.81. The summed E-state index contributed by atoms with van der Waals surface area (Å²) < 4.78 is 2.91. The van der Waals surface area contributed by atoms with E-state index in [-0.39, 0.29) is 5.75 Å². The molecule has 0 unspecified atom stereocenters. The van der Waals surface area contributed by atoms with Crippen LogP contribution in [0, 0.1) is 13.8 Å². The van der Waals surface area contributed by atoms with Crippen LogP contribution in [0.3, 0.4) is 0 Å². The predicted octanol–water partition coefficient (Wildman–Crippen LogP) is 5.89. The maximum absolute atomic E-state index is 10.3. The van der Waals surface area contributed by atoms with E-state index in [2.05, 4.69) is 53.3 Å². The number of halogens is 1. The Kier molecular flexibility index (Phi) is 4.01. The number of rotatable bonds is 3. The first-order valence-corrected chi connectivity index (χ1v) is 9.49. The molecule has 0 aliphatic heterocycles. The normalized spacial score (nSPS) is 11.2. The molecule has 2 N–H and O–H groups in total. The van der Waals surface area contributed by atoms with Crippen molar-refractivity contribution >= 4 is 43.7 Å². The number of aromatic hydroxyl groups is 1. The number of nitrogens with one attached hydrogen (secondary N) is 1. The highest BCUT2D eigenvalue weighted by Gasteiger charge is 2.18. The van der Waals surface area contributed by atoms with Gasteiger partial charge in [0.2, 0.25) is 0 Å². The van der Waals surface area contributed by atoms with Crippen LogP contribution in [0.25, 0.3) is 16.2 Å². The van der Waals surface area contributed by atoms with Crippen LogP contribution in [-0.2, 0) is 0 Å². The molecule has 2 aromatic heterocycles. The first-order chi connectivity index (χ1) is 12.0. The highest BCUT2D eigenvalue weighted by Crippen LogP contribution is 2.38. The van der Waals surface area contributed by atoms with Crippen molar-refractivity contribution in [3.05, 3.63) is 63.6 Å². The van der Waals surface area contributed by atoms with Crippen molar-refractivity contribution in [2.75, 3.05) is 5.32 Å². The molecule has 0 saturated heterocycles. The number of thiazole rings is 1. The van der Waals surface area contributed by atoms with Crippen molar-refractivity contribution in [1.29, 1.82) is 0 Å². The average molecular weight is 414 g/mol. The molecule has 0 aliphatic carbocycles. The van der Waals surface area contributed by atoms with Crippen LogP contribution in [-0.4, -0.2) is 14.5 Å². The molecule has 2 aromatic carbocycles. The number of anilines is 2. The molecule has 4 nitrogen and oxygen atoms in total. The lowest BCUT2D eigenvalue weighted by Gasteiger charge is -2.11. The van der Waals surface area contributed by atoms with Gasteiger partial charge in [-0.15, -0.1) is 11.3 Å². The third kappa shape index (κ3) is 2.92. The summed E-state index contributed by atoms with van der Waals surface area (Å²) in [6, 6.07) is 11.6. The van der Waals surface area contributed by atoms with Crippen LogP contribution in [0.5, 0.6) is 5.75 Å². The second-order valence-corrected chi connectivity index (χ2v) is 7.74. The van der Waals surface area contributed by atoms with E-state index in [1.165, 1.54) is 11.1 Å². The Morgan fingerprint density at radius 3 is 2.76 bits per heavy atom. The third-order valence-electron chi connectivity index (χ3n) is 4.25. The number of imidazole rings is 1. The van der Waals surface area contributed by atoms with Crippen LogP contribution >= 0.6 is 27.3 Å². The first kappa shape index (κ1) is 16.2. The third-order valence-corrected chi connectivity index (χ3v) is 5.50. The molecule has 126 valence electrons. The summed E-state index contributed by atoms with van der Waals surface area (Å²) in [5.74, 6) is 1.05. The number of fused-ring (bicyclic) bond motifs is 1. The van der Waals surface area contributed by atoms with Gasteiger partial charge in [-0.25, -0.2) is 4.98 Å². The lowest BCUT2D eigenvalue weighted by molar-refractivity contribution is 0.477. The molecule has 0 amide bonds. The van der Waals surface area contributed by atoms with Crippen LogP contribution in [0.2, 0.25) is 0 Å². The Labute approximate surface area is 157 Å². The number of phenolic OH excluding ortho intramolecular Hbond substituents is 1. The molecule has 6 heteroatoms. The van der Waals surface area contributed by atoms with Gasteiger partial charge in [0.1, 0.15) is 17.3 Å². The molecule has 4 rings (SSSR count). The standard InChI is InChI=1S/C19H16BrN3OS/c1-11-3-5-14(9-12(11)2)21-18-17(22-19-23(18)7-8-25-19)15-10-13(20)4-6-16(15)24/h3-10,21,24H,1-2H3. The maximum atomic E-state index is 10.3. The molecule has 0 aliphatic rings. The minimum Gasteiger partial charge on any atom is -0.507 e. The maximum Gasteiger partial charge on any atom is 0.195 e. The van der Waals surface area contributed by atoms with Crippen molar-refractivity contribution in [3.63, 3.8) is 0 Å². The number of nitrogens with zero attached hydrogens (tertiary/aromatic N) is 2. The van der Waals surface area contributed by atoms with Gasteiger partial charge < -0.3 is 10.4 Å². The fourth-order valence-electron chi connectivity index (χ4n) is 2.75. The second-order valence-electron chi connectivity index (χ2n) is 5.95. The average Bonchev–Trinajstić information content (AvgIpc) is 3.16. The zero-order valence-corrected chi connectivity index (χ0v) is 16.1. The van der Waals surface area contributed by atoms with Crippen LogP contribution < -0.4 is 5.32 Å². The van der Waals surface area contributed by atoms with E-state index in [1.54, 1.807) is 17.4 Å². The Balaban J connectivity index is 1.88. The summed E-state index contributed by atoms with van der Waals surface area (Å²) in [6.45, 7) is 4.19. The zero-order valence-electron chi connectivity index (χ0n) is 13.7. The van der Waals surface area contributed by atoms with Crippen molar-refractivity contribution < 1.29 is 5.11 Å². The molecule has 25 heavy (non-hydrogen) atoms. The van der Waals surface area contributed by atoms with Crippen molar-refractivity contribution in [2.45, 2.75) is 13.8 Å². The molecule has 4 aromatic rings. The van der Waals surface area contributed by atoms with Crippen molar-refractivity contribution in [1.82, 2.24) is 9.38 Å². The van der Waals surface area contributed by atoms with Gasteiger partial charge in [-0.1, -0.05) is 22.0 Å². The smallest absolute Gasteiger partial charge is 0.195 e. The molecule has 0 fully saturated rings. The number of hydrogen-bond acceptors (Lipinski definition) is 4. The van der Waals surface area contributed by atoms with Crippen LogP contribution in [0.1, 0.15) is 11.1 Å². The number of hydrogen-bond donors (Lipinski definition) is 2. The van der Waals surface area contributed by atoms with Gasteiger partial charge in [-0.05, 0) is 55.3 Å². The SMILES string of the molecule is Cc1ccc(Nc2c(-c3cc(Br)ccc3O)nc3sccn23)cc1C. The molecule has 0 saturated carbocycles. The van der Waals surface area contributed by atoms with E-state index in [4.69, 9.17) is 4.98 Å². The Bertz CT molecular complexity index is 1080. The fraction of sp³-hybridized carbons (Fsp3) is 0.105. The number of benzene rings is 2. The van der Waals surface area contributed by atoms with Gasteiger partial charge in [0.25, 0.3) is 0 Å². The van der Waals surface area contributed by atoms with Crippen LogP contribution in [0.4, 0.5) is 11.5 Å². The number of aromatic nitrogens is 2. The molecule has 0 bridgehead atoms. The Morgan fingerprint density at radius 1 is 1.12 bits per heavy atom. The van der Waals surface area contributed by atoms with Gasteiger partial charge in [-0.2, -0.15) is 0 Å². The second kappa shape index (κ2) is 6.20. The van der Waals surface area contributed by atoms with E-state index in [1.807, 2.05) is 28.1 Å². The van der Waals surface area contributed by atoms with Gasteiger partial charge in [0, 0.05) is 27.3 Å². The van der Waals surface area contributed by atoms with E-state index in [0.29, 0.717) is 5.56 Å². The van der Waals surface area contributed by atoms with Crippen LogP contribution in [0.15, 0.2) is 52.4 Å². The minimum atomic E-state index is 0.206. The van der Waals surface area contributed by atoms with Gasteiger partial charge >= 0.3 is 0 Å². The van der Waals surface area contributed by atoms with E-state index >= 15 is 0 Å². The Hall–Kier alpha value is -2.31. The quantitative estimate of drug-likeness (QED) is 0.439. The molecule has 0 spiro atoms. The molecule has 0 radical (unpaired) electrons. The van der Waals surface area contributed by atoms with Crippen molar-refractivity contribution in [2.24, 2.45) is 0 Å². The highest BCUT2D eigenvalue weighted by atomic mass is 79.9. The summed E-state index contributed by atoms with van der Waals surface area (Å²) in [4.78, 5) is 5.59. The number of phenols is 1. The van der Waals surface area contributed by atoms with Gasteiger partial charge in [0.05, 0.1) is 0 Å². The Morgan fingerprint density at radius 2 is 1.96 bits per heavy atom. The zero-order chi connectivity index (χ0) is 17.6. The molecule has 2 heterocycles. The summed E-state index contributed by atoms with van der Waals surface area (Å²) in [6.07, 6.45) is 1.98. The summed E-state index contributed by atoms with van der Waals surface area (Å²) in [7, 11) is 0. The topological polar surface area (TPSA) is 49.6 Å². The van der Waals surface area contributed by atoms with Crippen molar-refractivity contribution in [3.8, 4) is 17.0 Å². The largest absolute Gasteiger partial charge is 0.507 e. The predicted molar refractivity (Wildman–Crippen MR) is 107 cm³/mol. The summed E-state index contributed by atoms with van der Waals surface area (Å²) in [5, 5.41) is 15.8. The lowest BCUT2D eigenvalue weighted by Crippen LogP contribution is -1.97. The number of aryl methyl sites for hydroxylation is 2. The molecule has 0 atom stereocenters.